The Morgan fingerprint density at radius 2 is 2.00 bits per heavy atom. The molecule has 0 atom stereocenters. The number of anilines is 1. The van der Waals surface area contributed by atoms with E-state index in [0.717, 1.165) is 36.2 Å². The van der Waals surface area contributed by atoms with Crippen molar-refractivity contribution >= 4 is 33.9 Å². The lowest BCUT2D eigenvalue weighted by atomic mass is 10.2. The van der Waals surface area contributed by atoms with Gasteiger partial charge in [0.25, 0.3) is 0 Å². The molecule has 106 valence electrons. The highest BCUT2D eigenvalue weighted by Crippen LogP contribution is 2.19. The minimum atomic E-state index is 0.555. The van der Waals surface area contributed by atoms with Gasteiger partial charge < -0.3 is 10.6 Å². The number of aromatic nitrogens is 1. The number of thiocarbonyl (C=S) groups is 1. The van der Waals surface area contributed by atoms with Gasteiger partial charge in [-0.05, 0) is 24.1 Å². The number of hydrogen-bond acceptors (Lipinski definition) is 3. The quantitative estimate of drug-likeness (QED) is 0.827. The zero-order valence-corrected chi connectivity index (χ0v) is 12.9. The van der Waals surface area contributed by atoms with Crippen LogP contribution in [0.4, 0.5) is 5.82 Å². The van der Waals surface area contributed by atoms with Gasteiger partial charge in [-0.2, -0.15) is 0 Å². The zero-order chi connectivity index (χ0) is 14.5. The van der Waals surface area contributed by atoms with E-state index in [4.69, 9.17) is 22.9 Å². The molecule has 0 aliphatic carbocycles. The number of nitrogens with two attached hydrogens (primary N) is 1. The molecule has 0 saturated carbocycles. The Bertz CT molecular complexity index is 595. The fraction of sp³-hybridized carbons (Fsp3) is 0.375. The summed E-state index contributed by atoms with van der Waals surface area (Å²) < 4.78 is 0. The molecule has 0 bridgehead atoms. The summed E-state index contributed by atoms with van der Waals surface area (Å²) in [5.74, 6) is 1.56. The molecule has 20 heavy (non-hydrogen) atoms. The van der Waals surface area contributed by atoms with Crippen molar-refractivity contribution < 1.29 is 0 Å². The summed E-state index contributed by atoms with van der Waals surface area (Å²) in [6.07, 6.45) is 0.719. The highest BCUT2D eigenvalue weighted by Gasteiger charge is 2.11. The molecule has 0 unspecified atom stereocenters. The fourth-order valence-electron chi connectivity index (χ4n) is 2.22. The Labute approximate surface area is 125 Å². The molecule has 0 aliphatic rings. The number of benzene rings is 1. The molecule has 0 radical (unpaired) electrons. The van der Waals surface area contributed by atoms with Crippen LogP contribution in [-0.2, 0) is 0 Å². The van der Waals surface area contributed by atoms with Gasteiger partial charge in [0.2, 0.25) is 0 Å². The average Bonchev–Trinajstić information content (AvgIpc) is 2.42. The lowest BCUT2D eigenvalue weighted by Crippen LogP contribution is -2.31. The van der Waals surface area contributed by atoms with Gasteiger partial charge in [0.15, 0.2) is 0 Å². The van der Waals surface area contributed by atoms with Crippen molar-refractivity contribution in [1.29, 1.82) is 0 Å². The van der Waals surface area contributed by atoms with Gasteiger partial charge in [-0.3, -0.25) is 0 Å². The second kappa shape index (κ2) is 6.66. The summed E-state index contributed by atoms with van der Waals surface area (Å²) in [6.45, 7) is 6.18. The Kier molecular flexibility index (Phi) is 4.90. The molecule has 0 saturated heterocycles. The maximum atomic E-state index is 5.62. The average molecular weight is 287 g/mol. The van der Waals surface area contributed by atoms with Crippen LogP contribution in [0.25, 0.3) is 10.9 Å². The SMILES string of the molecule is CC(C)CN(CCC(N)=S)c1ccc2ccccc2n1. The van der Waals surface area contributed by atoms with Crippen molar-refractivity contribution in [3.63, 3.8) is 0 Å². The first-order valence-electron chi connectivity index (χ1n) is 6.95. The fourth-order valence-corrected chi connectivity index (χ4v) is 2.31. The van der Waals surface area contributed by atoms with E-state index in [2.05, 4.69) is 36.9 Å². The van der Waals surface area contributed by atoms with Gasteiger partial charge in [-0.15, -0.1) is 0 Å². The first kappa shape index (κ1) is 14.7. The normalized spacial score (nSPS) is 10.9. The van der Waals surface area contributed by atoms with Crippen LogP contribution in [0.15, 0.2) is 36.4 Å². The highest BCUT2D eigenvalue weighted by atomic mass is 32.1. The number of nitrogens with zero attached hydrogens (tertiary/aromatic N) is 2. The zero-order valence-electron chi connectivity index (χ0n) is 12.0. The molecule has 0 aliphatic heterocycles. The van der Waals surface area contributed by atoms with Gasteiger partial charge in [-0.25, -0.2) is 4.98 Å². The Morgan fingerprint density at radius 1 is 1.25 bits per heavy atom. The standard InChI is InChI=1S/C16H21N3S/c1-12(2)11-19(10-9-15(17)20)16-8-7-13-5-3-4-6-14(13)18-16/h3-8,12H,9-11H2,1-2H3,(H2,17,20). The van der Waals surface area contributed by atoms with Crippen LogP contribution in [0, 0.1) is 5.92 Å². The van der Waals surface area contributed by atoms with Crippen LogP contribution >= 0.6 is 12.2 Å². The monoisotopic (exact) mass is 287 g/mol. The van der Waals surface area contributed by atoms with Crippen molar-refractivity contribution in [1.82, 2.24) is 4.98 Å². The Morgan fingerprint density at radius 3 is 2.70 bits per heavy atom. The Hall–Kier alpha value is -1.68. The molecule has 2 aromatic rings. The number of rotatable bonds is 6. The van der Waals surface area contributed by atoms with Gasteiger partial charge in [0.05, 0.1) is 10.5 Å². The number of fused-ring (bicyclic) bond motifs is 1. The molecule has 0 spiro atoms. The van der Waals surface area contributed by atoms with Crippen molar-refractivity contribution in [3.8, 4) is 0 Å². The van der Waals surface area contributed by atoms with E-state index in [9.17, 15) is 0 Å². The van der Waals surface area contributed by atoms with Crippen molar-refractivity contribution in [2.75, 3.05) is 18.0 Å². The molecule has 0 amide bonds. The molecular weight excluding hydrogens is 266 g/mol. The minimum absolute atomic E-state index is 0.555. The van der Waals surface area contributed by atoms with E-state index in [1.165, 1.54) is 0 Å². The summed E-state index contributed by atoms with van der Waals surface area (Å²) in [6, 6.07) is 12.4. The van der Waals surface area contributed by atoms with E-state index in [-0.39, 0.29) is 0 Å². The smallest absolute Gasteiger partial charge is 0.129 e. The predicted molar refractivity (Wildman–Crippen MR) is 90.2 cm³/mol. The molecule has 1 heterocycles. The second-order valence-electron chi connectivity index (χ2n) is 5.42. The third-order valence-corrected chi connectivity index (χ3v) is 3.33. The van der Waals surface area contributed by atoms with Crippen molar-refractivity contribution in [2.24, 2.45) is 11.7 Å². The van der Waals surface area contributed by atoms with Crippen LogP contribution in [0.3, 0.4) is 0 Å². The largest absolute Gasteiger partial charge is 0.393 e. The first-order valence-corrected chi connectivity index (χ1v) is 7.36. The summed E-state index contributed by atoms with van der Waals surface area (Å²) >= 11 is 4.99. The molecule has 2 N–H and O–H groups in total. The van der Waals surface area contributed by atoms with Crippen LogP contribution in [0.2, 0.25) is 0 Å². The molecule has 0 fully saturated rings. The lowest BCUT2D eigenvalue weighted by molar-refractivity contribution is 0.610. The molecule has 3 nitrogen and oxygen atoms in total. The third kappa shape index (κ3) is 3.90. The topological polar surface area (TPSA) is 42.1 Å². The van der Waals surface area contributed by atoms with Crippen molar-refractivity contribution in [2.45, 2.75) is 20.3 Å². The van der Waals surface area contributed by atoms with Crippen LogP contribution in [-0.4, -0.2) is 23.1 Å². The summed E-state index contributed by atoms with van der Waals surface area (Å²) in [7, 11) is 0. The predicted octanol–water partition coefficient (Wildman–Crippen LogP) is 3.37. The van der Waals surface area contributed by atoms with E-state index in [1.807, 2.05) is 18.2 Å². The lowest BCUT2D eigenvalue weighted by Gasteiger charge is -2.25. The van der Waals surface area contributed by atoms with Crippen LogP contribution in [0.5, 0.6) is 0 Å². The third-order valence-electron chi connectivity index (χ3n) is 3.12. The summed E-state index contributed by atoms with van der Waals surface area (Å²) in [5.41, 5.74) is 6.65. The van der Waals surface area contributed by atoms with E-state index >= 15 is 0 Å². The van der Waals surface area contributed by atoms with Gasteiger partial charge >= 0.3 is 0 Å². The second-order valence-corrected chi connectivity index (χ2v) is 5.94. The Balaban J connectivity index is 2.26. The van der Waals surface area contributed by atoms with Crippen LogP contribution in [0.1, 0.15) is 20.3 Å². The number of pyridine rings is 1. The molecule has 4 heteroatoms. The van der Waals surface area contributed by atoms with E-state index < -0.39 is 0 Å². The van der Waals surface area contributed by atoms with Gasteiger partial charge in [0.1, 0.15) is 5.82 Å². The van der Waals surface area contributed by atoms with Gasteiger partial charge in [0, 0.05) is 24.9 Å². The first-order chi connectivity index (χ1) is 9.56. The minimum Gasteiger partial charge on any atom is -0.393 e. The maximum Gasteiger partial charge on any atom is 0.129 e. The maximum absolute atomic E-state index is 5.62. The molecular formula is C16H21N3S. The number of hydrogen-bond donors (Lipinski definition) is 1. The highest BCUT2D eigenvalue weighted by molar-refractivity contribution is 7.80. The van der Waals surface area contributed by atoms with E-state index in [1.54, 1.807) is 0 Å². The summed E-state index contributed by atoms with van der Waals surface area (Å²) in [4.78, 5) is 7.56. The van der Waals surface area contributed by atoms with Crippen LogP contribution < -0.4 is 10.6 Å². The molecule has 1 aromatic carbocycles. The van der Waals surface area contributed by atoms with Crippen molar-refractivity contribution in [3.05, 3.63) is 36.4 Å². The summed E-state index contributed by atoms with van der Waals surface area (Å²) in [5, 5.41) is 1.16. The van der Waals surface area contributed by atoms with E-state index in [0.29, 0.717) is 10.9 Å². The van der Waals surface area contributed by atoms with Gasteiger partial charge in [-0.1, -0.05) is 44.3 Å². The molecule has 1 aromatic heterocycles. The molecule has 2 rings (SSSR count). The number of para-hydroxylation sites is 1.